The minimum absolute atomic E-state index is 0.0419. The minimum Gasteiger partial charge on any atom is -0.393 e. The van der Waals surface area contributed by atoms with E-state index in [0.717, 1.165) is 38.5 Å². The third-order valence-corrected chi connectivity index (χ3v) is 6.29. The van der Waals surface area contributed by atoms with Gasteiger partial charge in [-0.1, -0.05) is 25.7 Å². The summed E-state index contributed by atoms with van der Waals surface area (Å²) in [5, 5.41) is 12.9. The zero-order valence-electron chi connectivity index (χ0n) is 14.0. The Balaban J connectivity index is 1.43. The zero-order chi connectivity index (χ0) is 17.3. The summed E-state index contributed by atoms with van der Waals surface area (Å²) in [5.74, 6) is -0.853. The molecule has 3 nitrogen and oxygen atoms in total. The highest BCUT2D eigenvalue weighted by Gasteiger charge is 2.49. The Morgan fingerprint density at radius 3 is 2.50 bits per heavy atom. The molecule has 4 unspecified atom stereocenters. The average molecular weight is 347 g/mol. The van der Waals surface area contributed by atoms with Crippen LogP contribution in [0.4, 0.5) is 13.2 Å². The van der Waals surface area contributed by atoms with E-state index < -0.39 is 12.1 Å². The quantitative estimate of drug-likeness (QED) is 0.813. The van der Waals surface area contributed by atoms with Gasteiger partial charge >= 0.3 is 6.18 Å². The molecule has 3 rings (SSSR count). The Morgan fingerprint density at radius 1 is 1.04 bits per heavy atom. The van der Waals surface area contributed by atoms with Crippen LogP contribution < -0.4 is 5.32 Å². The number of nitrogens with one attached hydrogen (secondary N) is 1. The van der Waals surface area contributed by atoms with Crippen LogP contribution in [-0.4, -0.2) is 29.3 Å². The maximum atomic E-state index is 12.9. The summed E-state index contributed by atoms with van der Waals surface area (Å²) in [6.45, 7) is 0. The molecule has 138 valence electrons. The van der Waals surface area contributed by atoms with Crippen molar-refractivity contribution in [2.75, 3.05) is 0 Å². The Bertz CT molecular complexity index is 454. The third-order valence-electron chi connectivity index (χ3n) is 6.29. The number of hydrogen-bond acceptors (Lipinski definition) is 2. The molecule has 6 atom stereocenters. The third kappa shape index (κ3) is 4.44. The molecule has 3 saturated carbocycles. The minimum atomic E-state index is -4.08. The largest absolute Gasteiger partial charge is 0.393 e. The van der Waals surface area contributed by atoms with Gasteiger partial charge in [0.15, 0.2) is 0 Å². The molecule has 0 aromatic heterocycles. The second-order valence-corrected chi connectivity index (χ2v) is 8.05. The fourth-order valence-corrected chi connectivity index (χ4v) is 4.75. The highest BCUT2D eigenvalue weighted by atomic mass is 19.4. The molecule has 3 fully saturated rings. The number of amides is 1. The van der Waals surface area contributed by atoms with Crippen molar-refractivity contribution in [1.29, 1.82) is 0 Å². The Kier molecular flexibility index (Phi) is 5.42. The van der Waals surface area contributed by atoms with Gasteiger partial charge in [0.1, 0.15) is 0 Å². The average Bonchev–Trinajstić information content (AvgIpc) is 3.28. The van der Waals surface area contributed by atoms with E-state index in [9.17, 15) is 23.1 Å². The van der Waals surface area contributed by atoms with Gasteiger partial charge in [-0.05, 0) is 49.9 Å². The van der Waals surface area contributed by atoms with Gasteiger partial charge in [0.2, 0.25) is 5.91 Å². The van der Waals surface area contributed by atoms with Crippen molar-refractivity contribution < 1.29 is 23.1 Å². The van der Waals surface area contributed by atoms with E-state index >= 15 is 0 Å². The zero-order valence-corrected chi connectivity index (χ0v) is 14.0. The van der Waals surface area contributed by atoms with Crippen LogP contribution in [0.15, 0.2) is 0 Å². The van der Waals surface area contributed by atoms with Gasteiger partial charge < -0.3 is 10.4 Å². The highest BCUT2D eigenvalue weighted by Crippen LogP contribution is 2.49. The molecule has 0 aromatic rings. The Hall–Kier alpha value is -0.780. The van der Waals surface area contributed by atoms with Crippen LogP contribution >= 0.6 is 0 Å². The van der Waals surface area contributed by atoms with E-state index in [4.69, 9.17) is 0 Å². The van der Waals surface area contributed by atoms with Crippen molar-refractivity contribution in [1.82, 2.24) is 5.32 Å². The SMILES string of the molecule is O=C(CC1CCCCC1O)N[C@@H]1C[C@H]1C1CCCC(C(F)(F)F)C1. The predicted octanol–water partition coefficient (Wildman–Crippen LogP) is 3.80. The van der Waals surface area contributed by atoms with E-state index in [1.165, 1.54) is 0 Å². The first-order valence-corrected chi connectivity index (χ1v) is 9.38. The number of carbonyl (C=O) groups is 1. The molecule has 6 heteroatoms. The van der Waals surface area contributed by atoms with E-state index in [1.54, 1.807) is 0 Å². The topological polar surface area (TPSA) is 49.3 Å². The molecule has 0 saturated heterocycles. The molecule has 3 aliphatic carbocycles. The van der Waals surface area contributed by atoms with Crippen molar-refractivity contribution in [2.24, 2.45) is 23.7 Å². The van der Waals surface area contributed by atoms with Crippen LogP contribution in [0.2, 0.25) is 0 Å². The molecular formula is C18H28F3NO2. The molecule has 0 radical (unpaired) electrons. The van der Waals surface area contributed by atoms with Gasteiger partial charge in [-0.25, -0.2) is 0 Å². The van der Waals surface area contributed by atoms with Gasteiger partial charge in [-0.3, -0.25) is 4.79 Å². The maximum Gasteiger partial charge on any atom is 0.391 e. The number of hydrogen-bond donors (Lipinski definition) is 2. The van der Waals surface area contributed by atoms with Crippen molar-refractivity contribution in [3.63, 3.8) is 0 Å². The van der Waals surface area contributed by atoms with Gasteiger partial charge in [-0.2, -0.15) is 13.2 Å². The molecule has 0 heterocycles. The number of aliphatic hydroxyl groups is 1. The summed E-state index contributed by atoms with van der Waals surface area (Å²) >= 11 is 0. The Morgan fingerprint density at radius 2 is 1.79 bits per heavy atom. The van der Waals surface area contributed by atoms with E-state index in [0.29, 0.717) is 12.8 Å². The highest BCUT2D eigenvalue weighted by molar-refractivity contribution is 5.77. The first-order chi connectivity index (χ1) is 11.3. The fraction of sp³-hybridized carbons (Fsp3) is 0.944. The lowest BCUT2D eigenvalue weighted by atomic mass is 9.78. The molecule has 0 aliphatic heterocycles. The normalized spacial score (nSPS) is 40.2. The van der Waals surface area contributed by atoms with Gasteiger partial charge in [0.05, 0.1) is 12.0 Å². The summed E-state index contributed by atoms with van der Waals surface area (Å²) in [6.07, 6.45) is 2.40. The number of alkyl halides is 3. The summed E-state index contributed by atoms with van der Waals surface area (Å²) < 4.78 is 38.7. The number of aliphatic hydroxyl groups excluding tert-OH is 1. The summed E-state index contributed by atoms with van der Waals surface area (Å²) in [6, 6.07) is 0.0511. The molecule has 0 bridgehead atoms. The van der Waals surface area contributed by atoms with Crippen LogP contribution in [-0.2, 0) is 4.79 Å². The second kappa shape index (κ2) is 7.22. The van der Waals surface area contributed by atoms with Crippen molar-refractivity contribution >= 4 is 5.91 Å². The van der Waals surface area contributed by atoms with E-state index in [-0.39, 0.29) is 48.6 Å². The fourth-order valence-electron chi connectivity index (χ4n) is 4.75. The van der Waals surface area contributed by atoms with Crippen LogP contribution in [0.3, 0.4) is 0 Å². The first-order valence-electron chi connectivity index (χ1n) is 9.38. The van der Waals surface area contributed by atoms with Crippen LogP contribution in [0.1, 0.15) is 64.2 Å². The van der Waals surface area contributed by atoms with Crippen LogP contribution in [0, 0.1) is 23.7 Å². The van der Waals surface area contributed by atoms with E-state index in [1.807, 2.05) is 0 Å². The standard InChI is InChI=1S/C18H28F3NO2/c19-18(20,21)13-6-3-5-11(8-13)14-10-15(14)22-17(24)9-12-4-1-2-7-16(12)23/h11-16,23H,1-10H2,(H,22,24)/t11?,12?,13?,14-,15+,16?/m0/s1. The first kappa shape index (κ1) is 18.0. The van der Waals surface area contributed by atoms with Gasteiger partial charge in [-0.15, -0.1) is 0 Å². The monoisotopic (exact) mass is 347 g/mol. The summed E-state index contributed by atoms with van der Waals surface area (Å²) in [7, 11) is 0. The molecule has 3 aliphatic rings. The molecule has 2 N–H and O–H groups in total. The second-order valence-electron chi connectivity index (χ2n) is 8.05. The molecule has 1 amide bonds. The van der Waals surface area contributed by atoms with Crippen LogP contribution in [0.5, 0.6) is 0 Å². The van der Waals surface area contributed by atoms with Crippen molar-refractivity contribution in [3.8, 4) is 0 Å². The molecular weight excluding hydrogens is 319 g/mol. The lowest BCUT2D eigenvalue weighted by Gasteiger charge is -2.31. The Labute approximate surface area is 141 Å². The van der Waals surface area contributed by atoms with Gasteiger partial charge in [0.25, 0.3) is 0 Å². The number of rotatable bonds is 4. The van der Waals surface area contributed by atoms with Crippen molar-refractivity contribution in [2.45, 2.75) is 82.5 Å². The smallest absolute Gasteiger partial charge is 0.391 e. The lowest BCUT2D eigenvalue weighted by molar-refractivity contribution is -0.186. The summed E-state index contributed by atoms with van der Waals surface area (Å²) in [5.41, 5.74) is 0. The lowest BCUT2D eigenvalue weighted by Crippen LogP contribution is -2.35. The van der Waals surface area contributed by atoms with Gasteiger partial charge in [0, 0.05) is 12.5 Å². The molecule has 24 heavy (non-hydrogen) atoms. The van der Waals surface area contributed by atoms with Crippen molar-refractivity contribution in [3.05, 3.63) is 0 Å². The number of carbonyl (C=O) groups excluding carboxylic acids is 1. The predicted molar refractivity (Wildman–Crippen MR) is 84.1 cm³/mol. The van der Waals surface area contributed by atoms with E-state index in [2.05, 4.69) is 5.32 Å². The maximum absolute atomic E-state index is 12.9. The van der Waals surface area contributed by atoms with Crippen LogP contribution in [0.25, 0.3) is 0 Å². The molecule has 0 spiro atoms. The summed E-state index contributed by atoms with van der Waals surface area (Å²) in [4.78, 5) is 12.2. The number of halogens is 3. The molecule has 0 aromatic carbocycles.